The summed E-state index contributed by atoms with van der Waals surface area (Å²) < 4.78 is 35.7. The maximum atomic E-state index is 14.3. The number of rotatable bonds is 6. The van der Waals surface area contributed by atoms with Gasteiger partial charge in [0.25, 0.3) is 0 Å². The maximum absolute atomic E-state index is 14.3. The minimum Gasteiger partial charge on any atom is -0.496 e. The molecule has 2 aromatic rings. The van der Waals surface area contributed by atoms with Crippen molar-refractivity contribution in [3.63, 3.8) is 0 Å². The smallest absolute Gasteiger partial charge is 0.337 e. The van der Waals surface area contributed by atoms with E-state index in [1.807, 2.05) is 0 Å². The summed E-state index contributed by atoms with van der Waals surface area (Å²) in [7, 11) is 5.85. The van der Waals surface area contributed by atoms with Gasteiger partial charge in [0.05, 0.1) is 45.7 Å². The number of allylic oxidation sites excluding steroid dienone is 1. The van der Waals surface area contributed by atoms with Crippen LogP contribution in [0.3, 0.4) is 0 Å². The number of esters is 1. The number of thiocarbonyl (C=S) groups is 1. The molecule has 9 heteroatoms. The zero-order valence-electron chi connectivity index (χ0n) is 18.7. The number of hydrogen-bond acceptors (Lipinski definition) is 6. The Kier molecular flexibility index (Phi) is 6.88. The Morgan fingerprint density at radius 2 is 1.62 bits per heavy atom. The third-order valence-corrected chi connectivity index (χ3v) is 5.65. The van der Waals surface area contributed by atoms with Crippen molar-refractivity contribution in [3.8, 4) is 17.2 Å². The van der Waals surface area contributed by atoms with Gasteiger partial charge in [-0.1, -0.05) is 6.07 Å². The van der Waals surface area contributed by atoms with E-state index in [4.69, 9.17) is 31.2 Å². The molecule has 0 aromatic heterocycles. The monoisotopic (exact) mass is 460 g/mol. The Bertz CT molecular complexity index is 1100. The van der Waals surface area contributed by atoms with E-state index in [-0.39, 0.29) is 5.82 Å². The molecule has 0 fully saturated rings. The van der Waals surface area contributed by atoms with Crippen molar-refractivity contribution in [3.05, 3.63) is 58.5 Å². The second-order valence-electron chi connectivity index (χ2n) is 7.09. The molecule has 170 valence electrons. The van der Waals surface area contributed by atoms with Gasteiger partial charge < -0.3 is 24.3 Å². The van der Waals surface area contributed by atoms with Crippen molar-refractivity contribution in [1.82, 2.24) is 5.32 Å². The molecule has 0 aliphatic carbocycles. The number of methoxy groups -OCH3 is 4. The maximum Gasteiger partial charge on any atom is 0.337 e. The summed E-state index contributed by atoms with van der Waals surface area (Å²) in [5, 5.41) is 3.47. The molecule has 0 saturated heterocycles. The van der Waals surface area contributed by atoms with E-state index in [0.717, 1.165) is 0 Å². The van der Waals surface area contributed by atoms with Gasteiger partial charge in [0.1, 0.15) is 11.6 Å². The molecule has 3 rings (SSSR count). The van der Waals surface area contributed by atoms with Crippen LogP contribution in [0.25, 0.3) is 0 Å². The van der Waals surface area contributed by atoms with Gasteiger partial charge in [-0.05, 0) is 49.8 Å². The number of ether oxygens (including phenoxy) is 4. The number of anilines is 1. The molecule has 0 saturated carbocycles. The first-order valence-corrected chi connectivity index (χ1v) is 10.1. The van der Waals surface area contributed by atoms with Crippen LogP contribution < -0.4 is 24.4 Å². The highest BCUT2D eigenvalue weighted by Crippen LogP contribution is 2.42. The van der Waals surface area contributed by atoms with Crippen molar-refractivity contribution < 1.29 is 28.1 Å². The summed E-state index contributed by atoms with van der Waals surface area (Å²) in [4.78, 5) is 14.5. The van der Waals surface area contributed by atoms with Crippen LogP contribution in [0.2, 0.25) is 0 Å². The number of carbonyl (C=O) groups is 1. The molecule has 0 amide bonds. The number of aryl methyl sites for hydroxylation is 1. The molecule has 0 spiro atoms. The van der Waals surface area contributed by atoms with Crippen LogP contribution in [0.1, 0.15) is 24.1 Å². The quantitative estimate of drug-likeness (QED) is 0.512. The summed E-state index contributed by atoms with van der Waals surface area (Å²) in [6.45, 7) is 3.41. The summed E-state index contributed by atoms with van der Waals surface area (Å²) in [6.07, 6.45) is 0. The van der Waals surface area contributed by atoms with E-state index in [0.29, 0.717) is 50.4 Å². The molecule has 1 aliphatic rings. The van der Waals surface area contributed by atoms with Crippen LogP contribution in [0.5, 0.6) is 17.2 Å². The van der Waals surface area contributed by atoms with Crippen LogP contribution in [-0.4, -0.2) is 39.5 Å². The summed E-state index contributed by atoms with van der Waals surface area (Å²) >= 11 is 5.61. The summed E-state index contributed by atoms with van der Waals surface area (Å²) in [5.41, 5.74) is 2.40. The molecule has 2 aromatic carbocycles. The standard InChI is InChI=1S/C23H25FN2O5S/c1-12-7-8-14(9-16(12)24)26-13(2)20(22(27)31-6)21(25-23(26)32)15-10-18(29-4)19(30-5)11-17(15)28-3/h7-11,21H,1-6H3,(H,25,32)/t21-/m1/s1. The second kappa shape index (κ2) is 9.44. The van der Waals surface area contributed by atoms with Gasteiger partial charge in [0.2, 0.25) is 0 Å². The van der Waals surface area contributed by atoms with Gasteiger partial charge in [-0.15, -0.1) is 0 Å². The average Bonchev–Trinajstić information content (AvgIpc) is 2.79. The van der Waals surface area contributed by atoms with E-state index in [2.05, 4.69) is 5.32 Å². The molecular weight excluding hydrogens is 435 g/mol. The molecule has 7 nitrogen and oxygen atoms in total. The van der Waals surface area contributed by atoms with E-state index in [1.165, 1.54) is 34.5 Å². The lowest BCUT2D eigenvalue weighted by Gasteiger charge is -2.38. The predicted octanol–water partition coefficient (Wildman–Crippen LogP) is 4.04. The van der Waals surface area contributed by atoms with Gasteiger partial charge in [-0.25, -0.2) is 9.18 Å². The lowest BCUT2D eigenvalue weighted by atomic mass is 9.93. The number of benzene rings is 2. The zero-order valence-corrected chi connectivity index (χ0v) is 19.6. The van der Waals surface area contributed by atoms with Crippen molar-refractivity contribution in [1.29, 1.82) is 0 Å². The summed E-state index contributed by atoms with van der Waals surface area (Å²) in [5.74, 6) is 0.467. The molecular formula is C23H25FN2O5S. The highest BCUT2D eigenvalue weighted by molar-refractivity contribution is 7.80. The first kappa shape index (κ1) is 23.3. The largest absolute Gasteiger partial charge is 0.496 e. The number of nitrogens with one attached hydrogen (secondary N) is 1. The number of halogens is 1. The van der Waals surface area contributed by atoms with E-state index < -0.39 is 12.0 Å². The molecule has 0 unspecified atom stereocenters. The Hall–Kier alpha value is -3.33. The highest BCUT2D eigenvalue weighted by atomic mass is 32.1. The van der Waals surface area contributed by atoms with Crippen LogP contribution in [0, 0.1) is 12.7 Å². The lowest BCUT2D eigenvalue weighted by molar-refractivity contribution is -0.136. The Balaban J connectivity index is 2.22. The average molecular weight is 461 g/mol. The zero-order chi connectivity index (χ0) is 23.6. The molecule has 32 heavy (non-hydrogen) atoms. The Morgan fingerprint density at radius 3 is 2.19 bits per heavy atom. The van der Waals surface area contributed by atoms with Crippen molar-refractivity contribution >= 4 is 29.0 Å². The third-order valence-electron chi connectivity index (χ3n) is 5.35. The van der Waals surface area contributed by atoms with Crippen molar-refractivity contribution in [2.24, 2.45) is 0 Å². The second-order valence-corrected chi connectivity index (χ2v) is 7.48. The van der Waals surface area contributed by atoms with Crippen molar-refractivity contribution in [2.75, 3.05) is 33.3 Å². The normalized spacial score (nSPS) is 15.9. The molecule has 1 N–H and O–H groups in total. The molecule has 0 radical (unpaired) electrons. The van der Waals surface area contributed by atoms with Crippen LogP contribution in [0.4, 0.5) is 10.1 Å². The minimum atomic E-state index is -0.698. The van der Waals surface area contributed by atoms with E-state index in [9.17, 15) is 9.18 Å². The number of nitrogens with zero attached hydrogens (tertiary/aromatic N) is 1. The molecule has 1 heterocycles. The number of carbonyl (C=O) groups excluding carboxylic acids is 1. The molecule has 0 bridgehead atoms. The predicted molar refractivity (Wildman–Crippen MR) is 123 cm³/mol. The summed E-state index contributed by atoms with van der Waals surface area (Å²) in [6, 6.07) is 7.46. The number of hydrogen-bond donors (Lipinski definition) is 1. The SMILES string of the molecule is COC(=O)C1=C(C)N(c2ccc(C)c(F)c2)C(=S)N[C@@H]1c1cc(OC)c(OC)cc1OC. The first-order valence-electron chi connectivity index (χ1n) is 9.73. The fourth-order valence-corrected chi connectivity index (χ4v) is 4.02. The lowest BCUT2D eigenvalue weighted by Crippen LogP contribution is -2.48. The van der Waals surface area contributed by atoms with Gasteiger partial charge in [0.15, 0.2) is 16.6 Å². The van der Waals surface area contributed by atoms with Gasteiger partial charge in [0, 0.05) is 17.3 Å². The highest BCUT2D eigenvalue weighted by Gasteiger charge is 2.37. The molecule has 1 aliphatic heterocycles. The van der Waals surface area contributed by atoms with Gasteiger partial charge in [-0.2, -0.15) is 0 Å². The Labute approximate surface area is 191 Å². The van der Waals surface area contributed by atoms with Crippen molar-refractivity contribution in [2.45, 2.75) is 19.9 Å². The van der Waals surface area contributed by atoms with E-state index in [1.54, 1.807) is 43.0 Å². The fourth-order valence-electron chi connectivity index (χ4n) is 3.66. The van der Waals surface area contributed by atoms with Gasteiger partial charge in [-0.3, -0.25) is 4.90 Å². The van der Waals surface area contributed by atoms with Crippen LogP contribution >= 0.6 is 12.2 Å². The molecule has 1 atom stereocenters. The van der Waals surface area contributed by atoms with Crippen LogP contribution in [-0.2, 0) is 9.53 Å². The fraction of sp³-hybridized carbons (Fsp3) is 0.304. The minimum absolute atomic E-state index is 0.292. The third kappa shape index (κ3) is 4.08. The van der Waals surface area contributed by atoms with E-state index >= 15 is 0 Å². The van der Waals surface area contributed by atoms with Crippen LogP contribution in [0.15, 0.2) is 41.6 Å². The topological polar surface area (TPSA) is 69.3 Å². The Morgan fingerprint density at radius 1 is 1.00 bits per heavy atom. The van der Waals surface area contributed by atoms with Gasteiger partial charge >= 0.3 is 5.97 Å². The first-order chi connectivity index (χ1) is 15.3.